The number of aryl methyl sites for hydroxylation is 1. The molecule has 0 aliphatic heterocycles. The average molecular weight is 198 g/mol. The Morgan fingerprint density at radius 3 is 3.14 bits per heavy atom. The molecule has 7 heteroatoms. The molecule has 14 heavy (non-hydrogen) atoms. The molecule has 0 aliphatic carbocycles. The van der Waals surface area contributed by atoms with Crippen LogP contribution in [0.4, 0.5) is 5.95 Å². The number of aromatic nitrogens is 2. The maximum atomic E-state index is 10.4. The zero-order valence-corrected chi connectivity index (χ0v) is 7.42. The Morgan fingerprint density at radius 1 is 1.71 bits per heavy atom. The number of amides is 1. The highest BCUT2D eigenvalue weighted by atomic mass is 16.6. The molecule has 1 amide bonds. The van der Waals surface area contributed by atoms with Gasteiger partial charge in [-0.25, -0.2) is 4.57 Å². The lowest BCUT2D eigenvalue weighted by Crippen LogP contribution is -2.14. The van der Waals surface area contributed by atoms with Gasteiger partial charge in [0.05, 0.1) is 6.54 Å². The smallest absolute Gasteiger partial charge is 0.390 e. The minimum Gasteiger partial charge on any atom is -0.390 e. The van der Waals surface area contributed by atoms with Gasteiger partial charge in [-0.2, -0.15) is 0 Å². The molecule has 1 aromatic rings. The molecule has 1 rings (SSSR count). The van der Waals surface area contributed by atoms with Crippen LogP contribution in [-0.2, 0) is 11.3 Å². The summed E-state index contributed by atoms with van der Waals surface area (Å²) in [6, 6.07) is 0. The molecular formula is C7H10N4O3. The third-order valence-corrected chi connectivity index (χ3v) is 1.66. The third-order valence-electron chi connectivity index (χ3n) is 1.66. The van der Waals surface area contributed by atoms with Crippen LogP contribution in [-0.4, -0.2) is 27.4 Å². The quantitative estimate of drug-likeness (QED) is 0.300. The van der Waals surface area contributed by atoms with Gasteiger partial charge in [0.25, 0.3) is 0 Å². The summed E-state index contributed by atoms with van der Waals surface area (Å²) < 4.78 is 1.44. The summed E-state index contributed by atoms with van der Waals surface area (Å²) in [6.45, 7) is 0.968. The molecular weight excluding hydrogens is 188 g/mol. The number of nitrogens with one attached hydrogen (secondary N) is 1. The summed E-state index contributed by atoms with van der Waals surface area (Å²) in [5.74, 6) is -0.170. The second-order valence-electron chi connectivity index (χ2n) is 2.60. The predicted octanol–water partition coefficient (Wildman–Crippen LogP) is -0.0726. The van der Waals surface area contributed by atoms with Crippen LogP contribution < -0.4 is 5.32 Å². The Bertz CT molecular complexity index is 322. The summed E-state index contributed by atoms with van der Waals surface area (Å²) in [5, 5.41) is 12.9. The third kappa shape index (κ3) is 2.54. The van der Waals surface area contributed by atoms with E-state index in [4.69, 9.17) is 0 Å². The largest absolute Gasteiger partial charge is 0.434 e. The SMILES string of the molecule is O=CNCCCn1ccnc1[N+](=O)[O-]. The monoisotopic (exact) mass is 198 g/mol. The highest BCUT2D eigenvalue weighted by Gasteiger charge is 2.12. The predicted molar refractivity (Wildman–Crippen MR) is 47.6 cm³/mol. The van der Waals surface area contributed by atoms with Gasteiger partial charge in [-0.15, -0.1) is 0 Å². The van der Waals surface area contributed by atoms with E-state index in [-0.39, 0.29) is 5.95 Å². The number of nitro groups is 1. The van der Waals surface area contributed by atoms with Gasteiger partial charge in [0.2, 0.25) is 6.41 Å². The summed E-state index contributed by atoms with van der Waals surface area (Å²) in [6.07, 6.45) is 4.16. The van der Waals surface area contributed by atoms with Gasteiger partial charge >= 0.3 is 5.95 Å². The fraction of sp³-hybridized carbons (Fsp3) is 0.429. The van der Waals surface area contributed by atoms with Crippen LogP contribution in [0.25, 0.3) is 0 Å². The zero-order valence-electron chi connectivity index (χ0n) is 7.42. The normalized spacial score (nSPS) is 9.71. The minimum atomic E-state index is -0.535. The van der Waals surface area contributed by atoms with Gasteiger partial charge in [-0.05, 0) is 11.3 Å². The molecule has 0 unspecified atom stereocenters. The van der Waals surface area contributed by atoms with E-state index in [2.05, 4.69) is 10.3 Å². The lowest BCUT2D eigenvalue weighted by Gasteiger charge is -2.00. The summed E-state index contributed by atoms with van der Waals surface area (Å²) >= 11 is 0. The van der Waals surface area contributed by atoms with Crippen molar-refractivity contribution in [2.75, 3.05) is 6.54 Å². The molecule has 76 valence electrons. The lowest BCUT2D eigenvalue weighted by molar-refractivity contribution is -0.396. The molecule has 0 aromatic carbocycles. The van der Waals surface area contributed by atoms with E-state index in [1.807, 2.05) is 0 Å². The second-order valence-corrected chi connectivity index (χ2v) is 2.60. The standard InChI is InChI=1S/C7H10N4O3/c12-6-8-2-1-4-10-5-3-9-7(10)11(13)14/h3,5-6H,1-2,4H2,(H,8,12). The van der Waals surface area contributed by atoms with Crippen molar-refractivity contribution in [2.24, 2.45) is 0 Å². The molecule has 0 saturated carbocycles. The van der Waals surface area contributed by atoms with Gasteiger partial charge in [-0.3, -0.25) is 4.79 Å². The maximum Gasteiger partial charge on any atom is 0.434 e. The molecule has 1 heterocycles. The molecule has 0 bridgehead atoms. The number of imidazole rings is 1. The first-order valence-corrected chi connectivity index (χ1v) is 4.08. The van der Waals surface area contributed by atoms with E-state index < -0.39 is 4.92 Å². The number of hydrogen-bond donors (Lipinski definition) is 1. The summed E-state index contributed by atoms with van der Waals surface area (Å²) in [5.41, 5.74) is 0. The van der Waals surface area contributed by atoms with Crippen molar-refractivity contribution in [3.8, 4) is 0 Å². The topological polar surface area (TPSA) is 90.1 Å². The van der Waals surface area contributed by atoms with Gasteiger partial charge < -0.3 is 15.4 Å². The number of nitrogens with zero attached hydrogens (tertiary/aromatic N) is 3. The Morgan fingerprint density at radius 2 is 2.50 bits per heavy atom. The summed E-state index contributed by atoms with van der Waals surface area (Å²) in [7, 11) is 0. The molecule has 1 aromatic heterocycles. The highest BCUT2D eigenvalue weighted by Crippen LogP contribution is 2.07. The molecule has 0 saturated heterocycles. The molecule has 0 radical (unpaired) electrons. The van der Waals surface area contributed by atoms with E-state index in [0.717, 1.165) is 0 Å². The van der Waals surface area contributed by atoms with Crippen LogP contribution in [0.3, 0.4) is 0 Å². The van der Waals surface area contributed by atoms with Crippen LogP contribution in [0, 0.1) is 10.1 Å². The van der Waals surface area contributed by atoms with Crippen molar-refractivity contribution >= 4 is 12.4 Å². The van der Waals surface area contributed by atoms with Crippen molar-refractivity contribution in [3.63, 3.8) is 0 Å². The fourth-order valence-corrected chi connectivity index (χ4v) is 1.06. The second kappa shape index (κ2) is 4.95. The molecule has 0 atom stereocenters. The molecule has 1 N–H and O–H groups in total. The molecule has 0 aliphatic rings. The number of hydrogen-bond acceptors (Lipinski definition) is 4. The van der Waals surface area contributed by atoms with Gasteiger partial charge in [0.15, 0.2) is 0 Å². The van der Waals surface area contributed by atoms with E-state index in [1.54, 1.807) is 6.20 Å². The van der Waals surface area contributed by atoms with Crippen LogP contribution >= 0.6 is 0 Å². The van der Waals surface area contributed by atoms with E-state index in [0.29, 0.717) is 25.9 Å². The first-order valence-electron chi connectivity index (χ1n) is 4.08. The van der Waals surface area contributed by atoms with E-state index in [1.165, 1.54) is 10.8 Å². The van der Waals surface area contributed by atoms with Crippen LogP contribution in [0.5, 0.6) is 0 Å². The first-order chi connectivity index (χ1) is 6.75. The Labute approximate surface area is 79.9 Å². The van der Waals surface area contributed by atoms with Crippen molar-refractivity contribution in [3.05, 3.63) is 22.5 Å². The molecule has 0 spiro atoms. The van der Waals surface area contributed by atoms with E-state index in [9.17, 15) is 14.9 Å². The minimum absolute atomic E-state index is 0.170. The molecule has 0 fully saturated rings. The van der Waals surface area contributed by atoms with Crippen LogP contribution in [0.1, 0.15) is 6.42 Å². The van der Waals surface area contributed by atoms with Gasteiger partial charge in [0, 0.05) is 6.54 Å². The van der Waals surface area contributed by atoms with Crippen molar-refractivity contribution in [1.82, 2.24) is 14.9 Å². The van der Waals surface area contributed by atoms with Crippen LogP contribution in [0.15, 0.2) is 12.4 Å². The number of carbonyl (C=O) groups excluding carboxylic acids is 1. The van der Waals surface area contributed by atoms with Crippen LogP contribution in [0.2, 0.25) is 0 Å². The van der Waals surface area contributed by atoms with Crippen molar-refractivity contribution < 1.29 is 9.72 Å². The van der Waals surface area contributed by atoms with Gasteiger partial charge in [-0.1, -0.05) is 4.98 Å². The Hall–Kier alpha value is -1.92. The number of carbonyl (C=O) groups is 1. The number of rotatable bonds is 6. The van der Waals surface area contributed by atoms with Gasteiger partial charge in [0.1, 0.15) is 12.4 Å². The molecule has 7 nitrogen and oxygen atoms in total. The first kappa shape index (κ1) is 10.2. The zero-order chi connectivity index (χ0) is 10.4. The average Bonchev–Trinajstić information content (AvgIpc) is 2.60. The maximum absolute atomic E-state index is 10.4. The van der Waals surface area contributed by atoms with Crippen molar-refractivity contribution in [2.45, 2.75) is 13.0 Å². The Kier molecular flexibility index (Phi) is 3.59. The highest BCUT2D eigenvalue weighted by molar-refractivity contribution is 5.45. The van der Waals surface area contributed by atoms with Crippen molar-refractivity contribution in [1.29, 1.82) is 0 Å². The summed E-state index contributed by atoms with van der Waals surface area (Å²) in [4.78, 5) is 23.4. The lowest BCUT2D eigenvalue weighted by atomic mass is 10.4. The fourth-order valence-electron chi connectivity index (χ4n) is 1.06. The Balaban J connectivity index is 2.45. The van der Waals surface area contributed by atoms with E-state index >= 15 is 0 Å².